The van der Waals surface area contributed by atoms with Gasteiger partial charge in [0.05, 0.1) is 4.90 Å². The Labute approximate surface area is 141 Å². The monoisotopic (exact) mass is 401 g/mol. The number of benzene rings is 2. The third-order valence-electron chi connectivity index (χ3n) is 3.43. The highest BCUT2D eigenvalue weighted by Gasteiger charge is 2.27. The Balaban J connectivity index is 1.93. The van der Waals surface area contributed by atoms with E-state index in [1.165, 1.54) is 23.9 Å². The largest absolute Gasteiger partial charge is 0.241 e. The van der Waals surface area contributed by atoms with Crippen molar-refractivity contribution in [3.63, 3.8) is 0 Å². The number of rotatable bonds is 3. The summed E-state index contributed by atoms with van der Waals surface area (Å²) >= 11 is 4.70. The number of fused-ring (bicyclic) bond motifs is 1. The first-order valence-corrected chi connectivity index (χ1v) is 9.93. The molecule has 0 radical (unpaired) electrons. The lowest BCUT2D eigenvalue weighted by Gasteiger charge is -2.26. The van der Waals surface area contributed by atoms with Crippen LogP contribution in [0.2, 0.25) is 0 Å². The summed E-state index contributed by atoms with van der Waals surface area (Å²) in [5, 5.41) is 0. The summed E-state index contributed by atoms with van der Waals surface area (Å²) in [4.78, 5) is 0.730. The molecule has 1 aliphatic heterocycles. The third-order valence-corrected chi connectivity index (χ3v) is 6.55. The Morgan fingerprint density at radius 3 is 2.77 bits per heavy atom. The van der Waals surface area contributed by atoms with Crippen LogP contribution in [-0.4, -0.2) is 14.2 Å². The maximum absolute atomic E-state index is 13.8. The second kappa shape index (κ2) is 6.31. The van der Waals surface area contributed by atoms with E-state index in [4.69, 9.17) is 0 Å². The minimum absolute atomic E-state index is 0.193. The molecule has 0 saturated heterocycles. The quantitative estimate of drug-likeness (QED) is 0.841. The van der Waals surface area contributed by atoms with E-state index < -0.39 is 16.1 Å². The van der Waals surface area contributed by atoms with Crippen LogP contribution in [0.25, 0.3) is 0 Å². The zero-order valence-electron chi connectivity index (χ0n) is 11.4. The highest BCUT2D eigenvalue weighted by molar-refractivity contribution is 9.10. The molecule has 2 aromatic carbocycles. The topological polar surface area (TPSA) is 46.2 Å². The van der Waals surface area contributed by atoms with E-state index in [2.05, 4.69) is 20.7 Å². The lowest BCUT2D eigenvalue weighted by Crippen LogP contribution is -2.31. The molecule has 1 heterocycles. The molecule has 0 aromatic heterocycles. The standard InChI is InChI=1S/C15H13BrFNO2S2/c16-10-3-1-4-11(9-10)22(19,20)18-14-7-8-21-15-12(14)5-2-6-13(15)17/h1-6,9,14,18H,7-8H2/t14-/m0/s1. The Morgan fingerprint density at radius 1 is 1.23 bits per heavy atom. The maximum atomic E-state index is 13.8. The van der Waals surface area contributed by atoms with Crippen LogP contribution in [0.4, 0.5) is 4.39 Å². The Bertz CT molecular complexity index is 811. The molecule has 3 rings (SSSR count). The average Bonchev–Trinajstić information content (AvgIpc) is 2.48. The summed E-state index contributed by atoms with van der Waals surface area (Å²) in [6.07, 6.45) is 0.633. The summed E-state index contributed by atoms with van der Waals surface area (Å²) in [6.45, 7) is 0. The highest BCUT2D eigenvalue weighted by Crippen LogP contribution is 2.38. The van der Waals surface area contributed by atoms with E-state index in [9.17, 15) is 12.8 Å². The lowest BCUT2D eigenvalue weighted by molar-refractivity contribution is 0.533. The van der Waals surface area contributed by atoms with E-state index in [1.54, 1.807) is 30.3 Å². The van der Waals surface area contributed by atoms with Gasteiger partial charge in [-0.05, 0) is 42.0 Å². The van der Waals surface area contributed by atoms with Crippen molar-refractivity contribution < 1.29 is 12.8 Å². The van der Waals surface area contributed by atoms with Gasteiger partial charge in [-0.3, -0.25) is 0 Å². The molecule has 7 heteroatoms. The van der Waals surface area contributed by atoms with E-state index in [1.807, 2.05) is 0 Å². The van der Waals surface area contributed by atoms with Gasteiger partial charge >= 0.3 is 0 Å². The number of nitrogens with one attached hydrogen (secondary N) is 1. The van der Waals surface area contributed by atoms with Crippen molar-refractivity contribution in [1.29, 1.82) is 0 Å². The molecule has 116 valence electrons. The van der Waals surface area contributed by atoms with Crippen LogP contribution < -0.4 is 4.72 Å². The molecule has 22 heavy (non-hydrogen) atoms. The molecular weight excluding hydrogens is 389 g/mol. The van der Waals surface area contributed by atoms with Crippen LogP contribution in [0.3, 0.4) is 0 Å². The highest BCUT2D eigenvalue weighted by atomic mass is 79.9. The first kappa shape index (κ1) is 16.0. The van der Waals surface area contributed by atoms with Gasteiger partial charge in [0.15, 0.2) is 0 Å². The number of hydrogen-bond donors (Lipinski definition) is 1. The van der Waals surface area contributed by atoms with Gasteiger partial charge in [0.25, 0.3) is 0 Å². The van der Waals surface area contributed by atoms with Crippen LogP contribution in [0.15, 0.2) is 56.7 Å². The second-order valence-electron chi connectivity index (χ2n) is 4.93. The fourth-order valence-corrected chi connectivity index (χ4v) is 5.39. The van der Waals surface area contributed by atoms with Crippen LogP contribution in [0, 0.1) is 5.82 Å². The molecule has 1 N–H and O–H groups in total. The SMILES string of the molecule is O=S(=O)(N[C@H]1CCSc2c(F)cccc21)c1cccc(Br)c1. The number of sulfonamides is 1. The van der Waals surface area contributed by atoms with Gasteiger partial charge in [0, 0.05) is 15.4 Å². The van der Waals surface area contributed by atoms with E-state index in [-0.39, 0.29) is 10.7 Å². The van der Waals surface area contributed by atoms with E-state index in [0.29, 0.717) is 27.1 Å². The Morgan fingerprint density at radius 2 is 2.00 bits per heavy atom. The van der Waals surface area contributed by atoms with Gasteiger partial charge in [-0.15, -0.1) is 11.8 Å². The lowest BCUT2D eigenvalue weighted by atomic mass is 10.0. The predicted octanol–water partition coefficient (Wildman–Crippen LogP) is 4.10. The number of thioether (sulfide) groups is 1. The van der Waals surface area contributed by atoms with Crippen molar-refractivity contribution >= 4 is 37.7 Å². The molecular formula is C15H13BrFNO2S2. The van der Waals surface area contributed by atoms with Crippen molar-refractivity contribution in [3.8, 4) is 0 Å². The Hall–Kier alpha value is -0.890. The van der Waals surface area contributed by atoms with Gasteiger partial charge in [-0.1, -0.05) is 34.1 Å². The van der Waals surface area contributed by atoms with E-state index in [0.717, 1.165) is 0 Å². The average molecular weight is 402 g/mol. The minimum atomic E-state index is -3.65. The molecule has 0 unspecified atom stereocenters. The predicted molar refractivity (Wildman–Crippen MR) is 88.9 cm³/mol. The molecule has 3 nitrogen and oxygen atoms in total. The van der Waals surface area contributed by atoms with Gasteiger partial charge < -0.3 is 0 Å². The van der Waals surface area contributed by atoms with Crippen molar-refractivity contribution in [2.45, 2.75) is 22.3 Å². The van der Waals surface area contributed by atoms with Gasteiger partial charge in [0.2, 0.25) is 10.0 Å². The summed E-state index contributed by atoms with van der Waals surface area (Å²) in [7, 11) is -3.65. The minimum Gasteiger partial charge on any atom is -0.207 e. The molecule has 0 bridgehead atoms. The maximum Gasteiger partial charge on any atom is 0.241 e. The third kappa shape index (κ3) is 3.22. The van der Waals surface area contributed by atoms with Crippen LogP contribution in [-0.2, 0) is 10.0 Å². The zero-order chi connectivity index (χ0) is 15.7. The summed E-state index contributed by atoms with van der Waals surface area (Å²) in [5.74, 6) is 0.383. The van der Waals surface area contributed by atoms with Crippen molar-refractivity contribution in [3.05, 3.63) is 58.3 Å². The summed E-state index contributed by atoms with van der Waals surface area (Å²) < 4.78 is 42.3. The van der Waals surface area contributed by atoms with Crippen molar-refractivity contribution in [2.24, 2.45) is 0 Å². The second-order valence-corrected chi connectivity index (χ2v) is 8.66. The van der Waals surface area contributed by atoms with Gasteiger partial charge in [-0.2, -0.15) is 0 Å². The number of halogens is 2. The first-order chi connectivity index (χ1) is 10.5. The van der Waals surface area contributed by atoms with Crippen LogP contribution in [0.1, 0.15) is 18.0 Å². The van der Waals surface area contributed by atoms with Crippen molar-refractivity contribution in [2.75, 3.05) is 5.75 Å². The molecule has 1 atom stereocenters. The van der Waals surface area contributed by atoms with Crippen LogP contribution >= 0.6 is 27.7 Å². The Kier molecular flexibility index (Phi) is 4.59. The molecule has 1 aliphatic rings. The van der Waals surface area contributed by atoms with Crippen LogP contribution in [0.5, 0.6) is 0 Å². The van der Waals surface area contributed by atoms with E-state index >= 15 is 0 Å². The number of hydrogen-bond acceptors (Lipinski definition) is 3. The molecule has 0 amide bonds. The fraction of sp³-hybridized carbons (Fsp3) is 0.200. The molecule has 2 aromatic rings. The summed E-state index contributed by atoms with van der Waals surface area (Å²) in [6, 6.07) is 10.9. The summed E-state index contributed by atoms with van der Waals surface area (Å²) in [5.41, 5.74) is 0.704. The molecule has 0 aliphatic carbocycles. The van der Waals surface area contributed by atoms with Crippen molar-refractivity contribution in [1.82, 2.24) is 4.72 Å². The van der Waals surface area contributed by atoms with Gasteiger partial charge in [0.1, 0.15) is 5.82 Å². The fourth-order valence-electron chi connectivity index (χ4n) is 2.40. The smallest absolute Gasteiger partial charge is 0.207 e. The normalized spacial score (nSPS) is 18.0. The molecule has 0 saturated carbocycles. The zero-order valence-corrected chi connectivity index (χ0v) is 14.6. The molecule has 0 fully saturated rings. The first-order valence-electron chi connectivity index (χ1n) is 6.66. The molecule has 0 spiro atoms. The van der Waals surface area contributed by atoms with Gasteiger partial charge in [-0.25, -0.2) is 17.5 Å².